The molecule has 26 heavy (non-hydrogen) atoms. The lowest BCUT2D eigenvalue weighted by atomic mass is 9.99. The van der Waals surface area contributed by atoms with Gasteiger partial charge in [-0.2, -0.15) is 0 Å². The Hall–Kier alpha value is -3.40. The molecular formula is C22H18O4. The second-order valence-corrected chi connectivity index (χ2v) is 5.65. The van der Waals surface area contributed by atoms with Crippen molar-refractivity contribution < 1.29 is 19.1 Å². The molecule has 3 rings (SSSR count). The van der Waals surface area contributed by atoms with E-state index >= 15 is 0 Å². The Kier molecular flexibility index (Phi) is 5.44. The lowest BCUT2D eigenvalue weighted by Crippen LogP contribution is -2.20. The molecule has 0 N–H and O–H groups in total. The molecule has 4 nitrogen and oxygen atoms in total. The van der Waals surface area contributed by atoms with Crippen molar-refractivity contribution in [3.63, 3.8) is 0 Å². The van der Waals surface area contributed by atoms with Gasteiger partial charge < -0.3 is 9.47 Å². The number of methoxy groups -OCH3 is 1. The first kappa shape index (κ1) is 17.4. The summed E-state index contributed by atoms with van der Waals surface area (Å²) in [6.45, 7) is 0. The van der Waals surface area contributed by atoms with E-state index in [0.29, 0.717) is 22.4 Å². The van der Waals surface area contributed by atoms with Crippen molar-refractivity contribution in [2.45, 2.75) is 6.10 Å². The summed E-state index contributed by atoms with van der Waals surface area (Å²) in [4.78, 5) is 25.5. The fourth-order valence-corrected chi connectivity index (χ4v) is 2.56. The van der Waals surface area contributed by atoms with Crippen LogP contribution in [-0.4, -0.2) is 18.9 Å². The topological polar surface area (TPSA) is 52.6 Å². The third kappa shape index (κ3) is 3.98. The van der Waals surface area contributed by atoms with E-state index in [2.05, 4.69) is 0 Å². The maximum absolute atomic E-state index is 13.0. The summed E-state index contributed by atoms with van der Waals surface area (Å²) < 4.78 is 10.7. The van der Waals surface area contributed by atoms with E-state index in [1.54, 1.807) is 79.9 Å². The molecule has 0 fully saturated rings. The monoisotopic (exact) mass is 346 g/mol. The molecule has 3 aromatic rings. The predicted octanol–water partition coefficient (Wildman–Crippen LogP) is 4.48. The van der Waals surface area contributed by atoms with Crippen molar-refractivity contribution in [2.24, 2.45) is 0 Å². The first-order valence-corrected chi connectivity index (χ1v) is 8.18. The molecule has 4 heteroatoms. The zero-order valence-electron chi connectivity index (χ0n) is 14.3. The van der Waals surface area contributed by atoms with Crippen molar-refractivity contribution in [3.05, 3.63) is 102 Å². The highest BCUT2D eigenvalue weighted by atomic mass is 16.5. The maximum atomic E-state index is 13.0. The first-order valence-electron chi connectivity index (χ1n) is 8.18. The quantitative estimate of drug-likeness (QED) is 0.488. The molecule has 0 saturated carbocycles. The third-order valence-corrected chi connectivity index (χ3v) is 3.95. The molecular weight excluding hydrogens is 328 g/mol. The summed E-state index contributed by atoms with van der Waals surface area (Å²) in [7, 11) is 1.56. The lowest BCUT2D eigenvalue weighted by Gasteiger charge is -2.17. The number of carbonyl (C=O) groups is 2. The summed E-state index contributed by atoms with van der Waals surface area (Å²) in [5.74, 6) is -0.177. The van der Waals surface area contributed by atoms with Crippen LogP contribution in [0, 0.1) is 0 Å². The van der Waals surface area contributed by atoms with Gasteiger partial charge in [-0.15, -0.1) is 0 Å². The Bertz CT molecular complexity index is 871. The molecule has 3 aromatic carbocycles. The summed E-state index contributed by atoms with van der Waals surface area (Å²) >= 11 is 0. The number of Topliss-reactive ketones (excluding diaryl/α,β-unsaturated/α-hetero) is 1. The number of rotatable bonds is 6. The van der Waals surface area contributed by atoms with Crippen LogP contribution < -0.4 is 4.74 Å². The molecule has 0 aliphatic heterocycles. The molecule has 130 valence electrons. The Labute approximate surface area is 152 Å². The van der Waals surface area contributed by atoms with Gasteiger partial charge in [-0.05, 0) is 36.4 Å². The normalized spacial score (nSPS) is 11.4. The van der Waals surface area contributed by atoms with Crippen LogP contribution in [0.15, 0.2) is 84.9 Å². The highest BCUT2D eigenvalue weighted by Crippen LogP contribution is 2.25. The standard InChI is InChI=1S/C22H18O4/c1-25-19-14-12-16(13-15-19)20(23)21(17-8-4-2-5-9-17)26-22(24)18-10-6-3-7-11-18/h2-15,21H,1H3/t21-/m1/s1. The molecule has 0 radical (unpaired) electrons. The molecule has 0 saturated heterocycles. The highest BCUT2D eigenvalue weighted by molar-refractivity contribution is 6.02. The molecule has 0 heterocycles. The van der Waals surface area contributed by atoms with Crippen LogP contribution >= 0.6 is 0 Å². The molecule has 0 bridgehead atoms. The number of esters is 1. The van der Waals surface area contributed by atoms with Crippen LogP contribution in [0.5, 0.6) is 5.75 Å². The van der Waals surface area contributed by atoms with E-state index in [9.17, 15) is 9.59 Å². The van der Waals surface area contributed by atoms with Crippen molar-refractivity contribution in [1.82, 2.24) is 0 Å². The summed E-state index contributed by atoms with van der Waals surface area (Å²) in [5, 5.41) is 0. The van der Waals surface area contributed by atoms with Gasteiger partial charge in [0.25, 0.3) is 0 Å². The van der Waals surface area contributed by atoms with Crippen molar-refractivity contribution >= 4 is 11.8 Å². The number of hydrogen-bond acceptors (Lipinski definition) is 4. The minimum absolute atomic E-state index is 0.289. The maximum Gasteiger partial charge on any atom is 0.339 e. The van der Waals surface area contributed by atoms with E-state index in [1.165, 1.54) is 0 Å². The van der Waals surface area contributed by atoms with Gasteiger partial charge in [0.1, 0.15) is 5.75 Å². The number of ketones is 1. The van der Waals surface area contributed by atoms with Crippen LogP contribution in [0.1, 0.15) is 32.4 Å². The summed E-state index contributed by atoms with van der Waals surface area (Å²) in [5.41, 5.74) is 1.47. The largest absolute Gasteiger partial charge is 0.497 e. The zero-order chi connectivity index (χ0) is 18.4. The van der Waals surface area contributed by atoms with Gasteiger partial charge in [-0.3, -0.25) is 4.79 Å². The van der Waals surface area contributed by atoms with Crippen LogP contribution in [-0.2, 0) is 4.74 Å². The number of carbonyl (C=O) groups excluding carboxylic acids is 2. The van der Waals surface area contributed by atoms with E-state index in [0.717, 1.165) is 0 Å². The minimum atomic E-state index is -1.02. The predicted molar refractivity (Wildman–Crippen MR) is 98.4 cm³/mol. The third-order valence-electron chi connectivity index (χ3n) is 3.95. The van der Waals surface area contributed by atoms with Gasteiger partial charge >= 0.3 is 5.97 Å². The Balaban J connectivity index is 1.90. The minimum Gasteiger partial charge on any atom is -0.497 e. The fourth-order valence-electron chi connectivity index (χ4n) is 2.56. The molecule has 0 unspecified atom stereocenters. The van der Waals surface area contributed by atoms with E-state index in [4.69, 9.17) is 9.47 Å². The molecule has 0 aliphatic carbocycles. The first-order chi connectivity index (χ1) is 12.7. The Morgan fingerprint density at radius 1 is 0.731 bits per heavy atom. The Morgan fingerprint density at radius 2 is 1.31 bits per heavy atom. The Morgan fingerprint density at radius 3 is 1.88 bits per heavy atom. The van der Waals surface area contributed by atoms with Gasteiger partial charge in [-0.25, -0.2) is 4.79 Å². The number of ether oxygens (including phenoxy) is 2. The van der Waals surface area contributed by atoms with Gasteiger partial charge in [0.2, 0.25) is 5.78 Å². The second kappa shape index (κ2) is 8.12. The van der Waals surface area contributed by atoms with Crippen molar-refractivity contribution in [3.8, 4) is 5.75 Å². The number of hydrogen-bond donors (Lipinski definition) is 0. The van der Waals surface area contributed by atoms with Crippen molar-refractivity contribution in [2.75, 3.05) is 7.11 Å². The molecule has 0 amide bonds. The van der Waals surface area contributed by atoms with Gasteiger partial charge in [0.05, 0.1) is 12.7 Å². The molecule has 0 spiro atoms. The van der Waals surface area contributed by atoms with Crippen LogP contribution in [0.25, 0.3) is 0 Å². The molecule has 0 aliphatic rings. The van der Waals surface area contributed by atoms with Gasteiger partial charge in [0, 0.05) is 11.1 Å². The van der Waals surface area contributed by atoms with Crippen LogP contribution in [0.4, 0.5) is 0 Å². The summed E-state index contributed by atoms with van der Waals surface area (Å²) in [6, 6.07) is 24.3. The average Bonchev–Trinajstić information content (AvgIpc) is 2.72. The lowest BCUT2D eigenvalue weighted by molar-refractivity contribution is 0.0280. The van der Waals surface area contributed by atoms with Crippen LogP contribution in [0.3, 0.4) is 0 Å². The second-order valence-electron chi connectivity index (χ2n) is 5.65. The average molecular weight is 346 g/mol. The zero-order valence-corrected chi connectivity index (χ0v) is 14.3. The van der Waals surface area contributed by atoms with Gasteiger partial charge in [0.15, 0.2) is 6.10 Å². The smallest absolute Gasteiger partial charge is 0.339 e. The SMILES string of the molecule is COc1ccc(C(=O)[C@H](OC(=O)c2ccccc2)c2ccccc2)cc1. The highest BCUT2D eigenvalue weighted by Gasteiger charge is 2.26. The van der Waals surface area contributed by atoms with E-state index in [-0.39, 0.29) is 5.78 Å². The molecule has 0 aromatic heterocycles. The van der Waals surface area contributed by atoms with E-state index in [1.807, 2.05) is 12.1 Å². The molecule has 1 atom stereocenters. The van der Waals surface area contributed by atoms with E-state index < -0.39 is 12.1 Å². The van der Waals surface area contributed by atoms with Crippen LogP contribution in [0.2, 0.25) is 0 Å². The van der Waals surface area contributed by atoms with Crippen molar-refractivity contribution in [1.29, 1.82) is 0 Å². The number of benzene rings is 3. The van der Waals surface area contributed by atoms with Gasteiger partial charge in [-0.1, -0.05) is 48.5 Å². The summed E-state index contributed by atoms with van der Waals surface area (Å²) in [6.07, 6.45) is -1.02. The fraction of sp³-hybridized carbons (Fsp3) is 0.0909.